The van der Waals surface area contributed by atoms with Crippen molar-refractivity contribution in [3.8, 4) is 0 Å². The second-order valence-corrected chi connectivity index (χ2v) is 5.07. The van der Waals surface area contributed by atoms with Gasteiger partial charge >= 0.3 is 0 Å². The molecule has 1 atom stereocenters. The summed E-state index contributed by atoms with van der Waals surface area (Å²) in [7, 11) is 5.61. The fourth-order valence-electron chi connectivity index (χ4n) is 1.95. The molecule has 0 heterocycles. The number of methoxy groups -OCH3 is 1. The lowest BCUT2D eigenvalue weighted by atomic mass is 10.1. The highest BCUT2D eigenvalue weighted by Gasteiger charge is 2.07. The van der Waals surface area contributed by atoms with Crippen molar-refractivity contribution in [3.05, 3.63) is 35.9 Å². The minimum absolute atomic E-state index is 0. The number of nitrogens with zero attached hydrogens (tertiary/aromatic N) is 2. The molecule has 1 aromatic rings. The van der Waals surface area contributed by atoms with Gasteiger partial charge in [0, 0.05) is 33.8 Å². The second-order valence-electron chi connectivity index (χ2n) is 5.07. The van der Waals surface area contributed by atoms with Crippen LogP contribution in [0.4, 0.5) is 0 Å². The molecule has 22 heavy (non-hydrogen) atoms. The highest BCUT2D eigenvalue weighted by Crippen LogP contribution is 2.10. The SMILES string of the molecule is CN=C(NCCN(C)CCOC)NC(C)c1ccccc1.I. The first-order chi connectivity index (χ1) is 10.2. The van der Waals surface area contributed by atoms with Crippen LogP contribution in [0.3, 0.4) is 0 Å². The van der Waals surface area contributed by atoms with Gasteiger partial charge in [-0.25, -0.2) is 0 Å². The van der Waals surface area contributed by atoms with E-state index in [-0.39, 0.29) is 30.0 Å². The van der Waals surface area contributed by atoms with Gasteiger partial charge in [0.05, 0.1) is 12.6 Å². The molecule has 126 valence electrons. The lowest BCUT2D eigenvalue weighted by molar-refractivity contribution is 0.162. The number of guanidine groups is 1. The van der Waals surface area contributed by atoms with Crippen LogP contribution >= 0.6 is 24.0 Å². The third kappa shape index (κ3) is 8.55. The van der Waals surface area contributed by atoms with Crippen LogP contribution in [-0.4, -0.2) is 58.3 Å². The molecule has 0 aliphatic rings. The molecule has 1 aromatic carbocycles. The van der Waals surface area contributed by atoms with Crippen LogP contribution in [0.15, 0.2) is 35.3 Å². The van der Waals surface area contributed by atoms with Gasteiger partial charge < -0.3 is 20.3 Å². The summed E-state index contributed by atoms with van der Waals surface area (Å²) in [5, 5.41) is 6.73. The monoisotopic (exact) mass is 420 g/mol. The number of ether oxygens (including phenoxy) is 1. The zero-order valence-corrected chi connectivity index (χ0v) is 16.3. The number of hydrogen-bond acceptors (Lipinski definition) is 3. The number of rotatable bonds is 8. The Kier molecular flexibility index (Phi) is 12.2. The Morgan fingerprint density at radius 3 is 2.55 bits per heavy atom. The Morgan fingerprint density at radius 1 is 1.27 bits per heavy atom. The first kappa shape index (κ1) is 21.1. The average molecular weight is 420 g/mol. The van der Waals surface area contributed by atoms with E-state index in [0.29, 0.717) is 0 Å². The van der Waals surface area contributed by atoms with Gasteiger partial charge in [0.1, 0.15) is 0 Å². The first-order valence-electron chi connectivity index (χ1n) is 7.37. The fraction of sp³-hybridized carbons (Fsp3) is 0.562. The molecule has 2 N–H and O–H groups in total. The third-order valence-electron chi connectivity index (χ3n) is 3.34. The van der Waals surface area contributed by atoms with E-state index in [1.165, 1.54) is 5.56 Å². The van der Waals surface area contributed by atoms with E-state index in [1.54, 1.807) is 14.2 Å². The molecule has 1 unspecified atom stereocenters. The minimum atomic E-state index is 0. The number of halogens is 1. The molecule has 0 bridgehead atoms. The molecule has 0 radical (unpaired) electrons. The minimum Gasteiger partial charge on any atom is -0.383 e. The van der Waals surface area contributed by atoms with Crippen molar-refractivity contribution in [1.29, 1.82) is 0 Å². The number of aliphatic imine (C=N–C) groups is 1. The number of benzene rings is 1. The molecular weight excluding hydrogens is 391 g/mol. The quantitative estimate of drug-likeness (QED) is 0.384. The maximum absolute atomic E-state index is 5.06. The summed E-state index contributed by atoms with van der Waals surface area (Å²) < 4.78 is 5.06. The highest BCUT2D eigenvalue weighted by molar-refractivity contribution is 14.0. The topological polar surface area (TPSA) is 48.9 Å². The summed E-state index contributed by atoms with van der Waals surface area (Å²) in [5.74, 6) is 0.825. The first-order valence-corrected chi connectivity index (χ1v) is 7.37. The number of nitrogens with one attached hydrogen (secondary N) is 2. The van der Waals surface area contributed by atoms with Crippen LogP contribution in [0.25, 0.3) is 0 Å². The normalized spacial score (nSPS) is 12.7. The Hall–Kier alpha value is -0.860. The molecule has 0 aliphatic heterocycles. The van der Waals surface area contributed by atoms with Gasteiger partial charge in [-0.15, -0.1) is 24.0 Å². The molecule has 0 saturated carbocycles. The fourth-order valence-corrected chi connectivity index (χ4v) is 1.95. The molecule has 0 fully saturated rings. The molecular formula is C16H29IN4O. The van der Waals surface area contributed by atoms with E-state index in [2.05, 4.69) is 58.8 Å². The third-order valence-corrected chi connectivity index (χ3v) is 3.34. The van der Waals surface area contributed by atoms with E-state index in [0.717, 1.165) is 32.2 Å². The van der Waals surface area contributed by atoms with Gasteiger partial charge in [0.2, 0.25) is 0 Å². The van der Waals surface area contributed by atoms with Gasteiger partial charge in [-0.2, -0.15) is 0 Å². The van der Waals surface area contributed by atoms with Crippen LogP contribution in [0.5, 0.6) is 0 Å². The Bertz CT molecular complexity index is 414. The summed E-state index contributed by atoms with van der Waals surface area (Å²) in [6, 6.07) is 10.6. The molecule has 0 spiro atoms. The summed E-state index contributed by atoms with van der Waals surface area (Å²) in [4.78, 5) is 6.49. The molecule has 1 rings (SSSR count). The van der Waals surface area contributed by atoms with Gasteiger partial charge in [-0.1, -0.05) is 30.3 Å². The van der Waals surface area contributed by atoms with Crippen LogP contribution < -0.4 is 10.6 Å². The van der Waals surface area contributed by atoms with Gasteiger partial charge in [0.15, 0.2) is 5.96 Å². The van der Waals surface area contributed by atoms with Crippen molar-refractivity contribution in [1.82, 2.24) is 15.5 Å². The van der Waals surface area contributed by atoms with E-state index < -0.39 is 0 Å². The lowest BCUT2D eigenvalue weighted by Gasteiger charge is -2.20. The second kappa shape index (κ2) is 12.7. The molecule has 0 aliphatic carbocycles. The molecule has 6 heteroatoms. The lowest BCUT2D eigenvalue weighted by Crippen LogP contribution is -2.42. The van der Waals surface area contributed by atoms with Crippen molar-refractivity contribution in [3.63, 3.8) is 0 Å². The van der Waals surface area contributed by atoms with Crippen molar-refractivity contribution in [2.75, 3.05) is 47.4 Å². The Labute approximate surface area is 151 Å². The zero-order chi connectivity index (χ0) is 15.5. The van der Waals surface area contributed by atoms with E-state index in [1.807, 2.05) is 6.07 Å². The van der Waals surface area contributed by atoms with Crippen molar-refractivity contribution >= 4 is 29.9 Å². The summed E-state index contributed by atoms with van der Waals surface area (Å²) in [5.41, 5.74) is 1.25. The van der Waals surface area contributed by atoms with Crippen molar-refractivity contribution < 1.29 is 4.74 Å². The summed E-state index contributed by atoms with van der Waals surface area (Å²) >= 11 is 0. The smallest absolute Gasteiger partial charge is 0.191 e. The molecule has 5 nitrogen and oxygen atoms in total. The molecule has 0 saturated heterocycles. The maximum atomic E-state index is 5.06. The van der Waals surface area contributed by atoms with Crippen molar-refractivity contribution in [2.45, 2.75) is 13.0 Å². The Morgan fingerprint density at radius 2 is 1.95 bits per heavy atom. The summed E-state index contributed by atoms with van der Waals surface area (Å²) in [6.07, 6.45) is 0. The number of hydrogen-bond donors (Lipinski definition) is 2. The predicted octanol–water partition coefficient (Wildman–Crippen LogP) is 2.11. The van der Waals surface area contributed by atoms with Crippen LogP contribution in [0.1, 0.15) is 18.5 Å². The van der Waals surface area contributed by atoms with Crippen LogP contribution in [0.2, 0.25) is 0 Å². The van der Waals surface area contributed by atoms with E-state index in [4.69, 9.17) is 4.74 Å². The van der Waals surface area contributed by atoms with Gasteiger partial charge in [-0.05, 0) is 19.5 Å². The van der Waals surface area contributed by atoms with Gasteiger partial charge in [0.25, 0.3) is 0 Å². The highest BCUT2D eigenvalue weighted by atomic mass is 127. The Balaban J connectivity index is 0.00000441. The largest absolute Gasteiger partial charge is 0.383 e. The predicted molar refractivity (Wildman–Crippen MR) is 104 cm³/mol. The number of likely N-dealkylation sites (N-methyl/N-ethyl adjacent to an activating group) is 1. The van der Waals surface area contributed by atoms with E-state index >= 15 is 0 Å². The molecule has 0 aromatic heterocycles. The standard InChI is InChI=1S/C16H28N4O.HI/c1-14(15-8-6-5-7-9-15)19-16(17-2)18-10-11-20(3)12-13-21-4;/h5-9,14H,10-13H2,1-4H3,(H2,17,18,19);1H. The zero-order valence-electron chi connectivity index (χ0n) is 14.0. The van der Waals surface area contributed by atoms with Gasteiger partial charge in [-0.3, -0.25) is 4.99 Å². The maximum Gasteiger partial charge on any atom is 0.191 e. The van der Waals surface area contributed by atoms with E-state index in [9.17, 15) is 0 Å². The van der Waals surface area contributed by atoms with Crippen LogP contribution in [-0.2, 0) is 4.74 Å². The van der Waals surface area contributed by atoms with Crippen LogP contribution in [0, 0.1) is 0 Å². The molecule has 0 amide bonds. The summed E-state index contributed by atoms with van der Waals surface area (Å²) in [6.45, 7) is 5.62. The average Bonchev–Trinajstić information content (AvgIpc) is 2.52. The van der Waals surface area contributed by atoms with Crippen molar-refractivity contribution in [2.24, 2.45) is 4.99 Å².